The lowest BCUT2D eigenvalue weighted by Crippen LogP contribution is -2.12. The van der Waals surface area contributed by atoms with E-state index >= 15 is 0 Å². The van der Waals surface area contributed by atoms with Gasteiger partial charge in [-0.2, -0.15) is 0 Å². The van der Waals surface area contributed by atoms with Crippen LogP contribution in [0.1, 0.15) is 23.4 Å². The Morgan fingerprint density at radius 3 is 2.50 bits per heavy atom. The van der Waals surface area contributed by atoms with E-state index in [1.54, 1.807) is 6.92 Å². The Morgan fingerprint density at radius 1 is 1.36 bits per heavy atom. The van der Waals surface area contributed by atoms with E-state index in [-0.39, 0.29) is 23.2 Å². The van der Waals surface area contributed by atoms with Crippen LogP contribution in [0.5, 0.6) is 0 Å². The third-order valence-corrected chi connectivity index (χ3v) is 3.83. The third-order valence-electron chi connectivity index (χ3n) is 2.66. The van der Waals surface area contributed by atoms with E-state index in [0.717, 1.165) is 0 Å². The number of sulfonamides is 1. The Bertz CT molecular complexity index is 786. The molecule has 0 bridgehead atoms. The van der Waals surface area contributed by atoms with Crippen LogP contribution in [0.2, 0.25) is 0 Å². The number of primary sulfonamides is 1. The van der Waals surface area contributed by atoms with Crippen molar-refractivity contribution in [1.29, 1.82) is 0 Å². The van der Waals surface area contributed by atoms with Crippen LogP contribution >= 0.6 is 11.6 Å². The molecule has 10 heteroatoms. The molecule has 0 fully saturated rings. The summed E-state index contributed by atoms with van der Waals surface area (Å²) in [4.78, 5) is 15.6. The Hall–Kier alpha value is -1.97. The Balaban J connectivity index is 2.41. The highest BCUT2D eigenvalue weighted by atomic mass is 35.5. The molecule has 0 saturated carbocycles. The second kappa shape index (κ2) is 6.42. The second-order valence-electron chi connectivity index (χ2n) is 4.16. The van der Waals surface area contributed by atoms with Gasteiger partial charge in [-0.05, 0) is 31.2 Å². The fourth-order valence-electron chi connectivity index (χ4n) is 1.70. The lowest BCUT2D eigenvalue weighted by atomic mass is 10.3. The average Bonchev–Trinajstić information content (AvgIpc) is 2.91. The molecule has 0 atom stereocenters. The van der Waals surface area contributed by atoms with E-state index in [4.69, 9.17) is 21.5 Å². The van der Waals surface area contributed by atoms with Gasteiger partial charge in [0.2, 0.25) is 10.0 Å². The fraction of sp³-hybridized carbons (Fsp3) is 0.250. The minimum atomic E-state index is -3.78. The van der Waals surface area contributed by atoms with Gasteiger partial charge in [0, 0.05) is 0 Å². The number of hydrogen-bond acceptors (Lipinski definition) is 6. The summed E-state index contributed by atoms with van der Waals surface area (Å²) >= 11 is 5.79. The molecule has 0 radical (unpaired) electrons. The molecule has 0 spiro atoms. The molecule has 0 aliphatic heterocycles. The highest BCUT2D eigenvalue weighted by Crippen LogP contribution is 2.15. The van der Waals surface area contributed by atoms with E-state index in [1.165, 1.54) is 28.9 Å². The normalized spacial score (nSPS) is 11.4. The maximum Gasteiger partial charge on any atom is 0.378 e. The number of alkyl halides is 1. The van der Waals surface area contributed by atoms with Crippen molar-refractivity contribution >= 4 is 27.6 Å². The first kappa shape index (κ1) is 16.4. The zero-order valence-electron chi connectivity index (χ0n) is 11.6. The lowest BCUT2D eigenvalue weighted by molar-refractivity contribution is 0.0512. The molecule has 0 aliphatic rings. The van der Waals surface area contributed by atoms with Crippen LogP contribution in [0.4, 0.5) is 0 Å². The number of rotatable bonds is 5. The highest BCUT2D eigenvalue weighted by molar-refractivity contribution is 7.89. The Labute approximate surface area is 131 Å². The summed E-state index contributed by atoms with van der Waals surface area (Å²) in [7, 11) is -3.78. The molecule has 2 N–H and O–H groups in total. The van der Waals surface area contributed by atoms with Crippen LogP contribution in [0.25, 0.3) is 5.69 Å². The number of ether oxygens (including phenoxy) is 1. The molecule has 0 amide bonds. The summed E-state index contributed by atoms with van der Waals surface area (Å²) in [6.07, 6.45) is 0. The first-order valence-electron chi connectivity index (χ1n) is 6.19. The minimum Gasteiger partial charge on any atom is -0.460 e. The maximum atomic E-state index is 11.6. The van der Waals surface area contributed by atoms with E-state index < -0.39 is 16.0 Å². The number of nitrogens with zero attached hydrogens (tertiary/aromatic N) is 3. The van der Waals surface area contributed by atoms with Gasteiger partial charge in [-0.15, -0.1) is 16.7 Å². The molecule has 0 unspecified atom stereocenters. The maximum absolute atomic E-state index is 11.6. The number of carbonyl (C=O) groups is 1. The average molecular weight is 345 g/mol. The number of carbonyl (C=O) groups excluding carboxylic acids is 1. The van der Waals surface area contributed by atoms with Crippen molar-refractivity contribution in [3.05, 3.63) is 35.9 Å². The highest BCUT2D eigenvalue weighted by Gasteiger charge is 2.18. The van der Waals surface area contributed by atoms with Crippen molar-refractivity contribution in [2.45, 2.75) is 17.7 Å². The number of esters is 1. The van der Waals surface area contributed by atoms with Crippen molar-refractivity contribution in [3.63, 3.8) is 0 Å². The summed E-state index contributed by atoms with van der Waals surface area (Å²) in [5, 5.41) is 9.06. The first-order valence-corrected chi connectivity index (χ1v) is 8.27. The molecule has 8 nitrogen and oxygen atoms in total. The zero-order chi connectivity index (χ0) is 16.3. The van der Waals surface area contributed by atoms with Crippen molar-refractivity contribution in [2.24, 2.45) is 5.14 Å². The second-order valence-corrected chi connectivity index (χ2v) is 5.99. The van der Waals surface area contributed by atoms with Crippen molar-refractivity contribution in [1.82, 2.24) is 14.8 Å². The van der Waals surface area contributed by atoms with Gasteiger partial charge in [0.25, 0.3) is 5.82 Å². The van der Waals surface area contributed by atoms with Gasteiger partial charge in [0.05, 0.1) is 23.1 Å². The summed E-state index contributed by atoms with van der Waals surface area (Å²) in [5.41, 5.74) is 0.492. The van der Waals surface area contributed by atoms with Gasteiger partial charge in [0.1, 0.15) is 5.82 Å². The SMILES string of the molecule is CCOC(=O)c1nc(CCl)n(-c2ccc(S(N)(=O)=O)cc2)n1. The molecule has 0 saturated heterocycles. The Morgan fingerprint density at radius 2 is 2.00 bits per heavy atom. The van der Waals surface area contributed by atoms with Crippen molar-refractivity contribution in [2.75, 3.05) is 6.61 Å². The molecule has 1 aromatic heterocycles. The largest absolute Gasteiger partial charge is 0.460 e. The predicted molar refractivity (Wildman–Crippen MR) is 78.2 cm³/mol. The fourth-order valence-corrected chi connectivity index (χ4v) is 2.39. The van der Waals surface area contributed by atoms with E-state index in [2.05, 4.69) is 10.1 Å². The van der Waals surface area contributed by atoms with E-state index in [1.807, 2.05) is 0 Å². The monoisotopic (exact) mass is 344 g/mol. The Kier molecular flexibility index (Phi) is 4.79. The molecule has 1 aromatic carbocycles. The minimum absolute atomic E-state index is 0.0172. The van der Waals surface area contributed by atoms with Gasteiger partial charge in [-0.25, -0.2) is 28.0 Å². The molecular weight excluding hydrogens is 332 g/mol. The number of aromatic nitrogens is 3. The smallest absolute Gasteiger partial charge is 0.378 e. The van der Waals surface area contributed by atoms with Gasteiger partial charge in [-0.3, -0.25) is 0 Å². The first-order chi connectivity index (χ1) is 10.4. The van der Waals surface area contributed by atoms with Gasteiger partial charge in [0.15, 0.2) is 0 Å². The standard InChI is InChI=1S/C12H13ClN4O4S/c1-2-21-12(18)11-15-10(7-13)17(16-11)8-3-5-9(6-4-8)22(14,19)20/h3-6H,2,7H2,1H3,(H2,14,19,20). The van der Waals surface area contributed by atoms with Crippen LogP contribution < -0.4 is 5.14 Å². The van der Waals surface area contributed by atoms with Gasteiger partial charge >= 0.3 is 5.97 Å². The molecule has 1 heterocycles. The van der Waals surface area contributed by atoms with Crippen molar-refractivity contribution in [3.8, 4) is 5.69 Å². The summed E-state index contributed by atoms with van der Waals surface area (Å²) in [6, 6.07) is 5.63. The third kappa shape index (κ3) is 3.43. The van der Waals surface area contributed by atoms with E-state index in [0.29, 0.717) is 11.5 Å². The van der Waals surface area contributed by atoms with E-state index in [9.17, 15) is 13.2 Å². The van der Waals surface area contributed by atoms with Gasteiger partial charge in [-0.1, -0.05) is 0 Å². The molecule has 2 rings (SSSR count). The number of halogens is 1. The predicted octanol–water partition coefficient (Wildman–Crippen LogP) is 0.830. The number of benzene rings is 1. The van der Waals surface area contributed by atoms with Crippen LogP contribution in [0, 0.1) is 0 Å². The molecule has 0 aliphatic carbocycles. The van der Waals surface area contributed by atoms with Crippen LogP contribution in [0.15, 0.2) is 29.2 Å². The molecule has 22 heavy (non-hydrogen) atoms. The van der Waals surface area contributed by atoms with Crippen LogP contribution in [-0.4, -0.2) is 35.8 Å². The van der Waals surface area contributed by atoms with Crippen LogP contribution in [0.3, 0.4) is 0 Å². The topological polar surface area (TPSA) is 117 Å². The molecular formula is C12H13ClN4O4S. The summed E-state index contributed by atoms with van der Waals surface area (Å²) < 4.78 is 28.6. The number of hydrogen-bond donors (Lipinski definition) is 1. The molecule has 118 valence electrons. The zero-order valence-corrected chi connectivity index (χ0v) is 13.1. The molecule has 2 aromatic rings. The summed E-state index contributed by atoms with van der Waals surface area (Å²) in [6.45, 7) is 1.87. The number of nitrogens with two attached hydrogens (primary N) is 1. The van der Waals surface area contributed by atoms with Gasteiger partial charge < -0.3 is 4.74 Å². The van der Waals surface area contributed by atoms with Crippen molar-refractivity contribution < 1.29 is 17.9 Å². The summed E-state index contributed by atoms with van der Waals surface area (Å²) in [5.74, 6) is -0.432. The lowest BCUT2D eigenvalue weighted by Gasteiger charge is -2.04. The van der Waals surface area contributed by atoms with Crippen LogP contribution in [-0.2, 0) is 20.6 Å². The quantitative estimate of drug-likeness (QED) is 0.634.